The van der Waals surface area contributed by atoms with Gasteiger partial charge < -0.3 is 11.1 Å². The molecular formula is C15H23ClN2O. The van der Waals surface area contributed by atoms with Crippen molar-refractivity contribution in [2.24, 2.45) is 5.73 Å². The maximum absolute atomic E-state index is 11.6. The van der Waals surface area contributed by atoms with Crippen molar-refractivity contribution in [1.29, 1.82) is 0 Å². The first-order chi connectivity index (χ1) is 9.22. The fraction of sp³-hybridized carbons (Fsp3) is 0.533. The van der Waals surface area contributed by atoms with Gasteiger partial charge in [0.15, 0.2) is 0 Å². The summed E-state index contributed by atoms with van der Waals surface area (Å²) in [5.41, 5.74) is 6.56. The minimum absolute atomic E-state index is 0.134. The molecule has 0 aliphatic rings. The highest BCUT2D eigenvalue weighted by molar-refractivity contribution is 6.30. The summed E-state index contributed by atoms with van der Waals surface area (Å²) in [6.07, 6.45) is 5.63. The summed E-state index contributed by atoms with van der Waals surface area (Å²) in [5.74, 6) is 0.134. The second-order valence-corrected chi connectivity index (χ2v) is 5.12. The smallest absolute Gasteiger partial charge is 0.220 e. The molecule has 0 saturated carbocycles. The predicted octanol–water partition coefficient (Wildman–Crippen LogP) is 2.91. The largest absolute Gasteiger partial charge is 0.356 e. The van der Waals surface area contributed by atoms with Crippen molar-refractivity contribution in [3.8, 4) is 0 Å². The second-order valence-electron chi connectivity index (χ2n) is 4.68. The first-order valence-electron chi connectivity index (χ1n) is 6.93. The van der Waals surface area contributed by atoms with Crippen molar-refractivity contribution in [2.45, 2.75) is 38.5 Å². The average molecular weight is 283 g/mol. The van der Waals surface area contributed by atoms with Crippen LogP contribution in [0.4, 0.5) is 0 Å². The third-order valence-corrected chi connectivity index (χ3v) is 3.22. The molecule has 1 aromatic rings. The van der Waals surface area contributed by atoms with Crippen molar-refractivity contribution in [2.75, 3.05) is 13.1 Å². The van der Waals surface area contributed by atoms with E-state index in [9.17, 15) is 4.79 Å². The predicted molar refractivity (Wildman–Crippen MR) is 80.3 cm³/mol. The number of carbonyl (C=O) groups is 1. The Bertz CT molecular complexity index is 382. The highest BCUT2D eigenvalue weighted by atomic mass is 35.5. The van der Waals surface area contributed by atoms with E-state index < -0.39 is 0 Å². The number of carbonyl (C=O) groups excluding carboxylic acids is 1. The second kappa shape index (κ2) is 9.82. The van der Waals surface area contributed by atoms with Crippen LogP contribution in [-0.2, 0) is 11.2 Å². The standard InChI is InChI=1S/C15H23ClN2O/c16-14-7-5-6-13(12-14)9-11-18-15(19)8-3-1-2-4-10-17/h5-7,12H,1-4,8-11,17H2,(H,18,19). The lowest BCUT2D eigenvalue weighted by molar-refractivity contribution is -0.121. The Balaban J connectivity index is 2.07. The number of amides is 1. The monoisotopic (exact) mass is 282 g/mol. The molecule has 3 N–H and O–H groups in total. The molecule has 1 amide bonds. The number of hydrogen-bond acceptors (Lipinski definition) is 2. The number of nitrogens with two attached hydrogens (primary N) is 1. The maximum Gasteiger partial charge on any atom is 0.220 e. The van der Waals surface area contributed by atoms with Crippen LogP contribution in [0.25, 0.3) is 0 Å². The SMILES string of the molecule is NCCCCCCC(=O)NCCc1cccc(Cl)c1. The topological polar surface area (TPSA) is 55.1 Å². The third-order valence-electron chi connectivity index (χ3n) is 2.98. The normalized spacial score (nSPS) is 10.4. The van der Waals surface area contributed by atoms with Gasteiger partial charge >= 0.3 is 0 Å². The Labute approximate surface area is 120 Å². The molecule has 106 valence electrons. The van der Waals surface area contributed by atoms with E-state index in [1.165, 1.54) is 0 Å². The quantitative estimate of drug-likeness (QED) is 0.684. The van der Waals surface area contributed by atoms with Crippen LogP contribution < -0.4 is 11.1 Å². The van der Waals surface area contributed by atoms with Gasteiger partial charge in [0.25, 0.3) is 0 Å². The molecule has 0 spiro atoms. The van der Waals surface area contributed by atoms with Crippen LogP contribution in [0.3, 0.4) is 0 Å². The molecule has 0 unspecified atom stereocenters. The van der Waals surface area contributed by atoms with Crippen LogP contribution in [0.2, 0.25) is 5.02 Å². The lowest BCUT2D eigenvalue weighted by Crippen LogP contribution is -2.25. The molecule has 1 aromatic carbocycles. The zero-order valence-electron chi connectivity index (χ0n) is 11.3. The third kappa shape index (κ3) is 7.85. The maximum atomic E-state index is 11.6. The Morgan fingerprint density at radius 1 is 1.21 bits per heavy atom. The molecule has 1 rings (SSSR count). The Morgan fingerprint density at radius 3 is 2.74 bits per heavy atom. The summed E-state index contributed by atoms with van der Waals surface area (Å²) in [6, 6.07) is 7.73. The van der Waals surface area contributed by atoms with Crippen molar-refractivity contribution >= 4 is 17.5 Å². The molecule has 3 nitrogen and oxygen atoms in total. The number of hydrogen-bond donors (Lipinski definition) is 2. The summed E-state index contributed by atoms with van der Waals surface area (Å²) >= 11 is 5.90. The zero-order valence-corrected chi connectivity index (χ0v) is 12.1. The van der Waals surface area contributed by atoms with Crippen molar-refractivity contribution in [1.82, 2.24) is 5.32 Å². The zero-order chi connectivity index (χ0) is 13.9. The van der Waals surface area contributed by atoms with Gasteiger partial charge in [-0.3, -0.25) is 4.79 Å². The highest BCUT2D eigenvalue weighted by Gasteiger charge is 2.01. The van der Waals surface area contributed by atoms with E-state index in [1.807, 2.05) is 24.3 Å². The lowest BCUT2D eigenvalue weighted by atomic mass is 10.1. The van der Waals surface area contributed by atoms with E-state index in [4.69, 9.17) is 17.3 Å². The van der Waals surface area contributed by atoms with E-state index in [0.717, 1.165) is 49.2 Å². The molecule has 0 radical (unpaired) electrons. The number of benzene rings is 1. The number of unbranched alkanes of at least 4 members (excludes halogenated alkanes) is 3. The van der Waals surface area contributed by atoms with Gasteiger partial charge in [0.05, 0.1) is 0 Å². The molecule has 0 aliphatic carbocycles. The van der Waals surface area contributed by atoms with E-state index in [0.29, 0.717) is 13.0 Å². The molecule has 19 heavy (non-hydrogen) atoms. The van der Waals surface area contributed by atoms with Gasteiger partial charge in [0.1, 0.15) is 0 Å². The number of rotatable bonds is 9. The minimum atomic E-state index is 0.134. The molecule has 4 heteroatoms. The fourth-order valence-electron chi connectivity index (χ4n) is 1.91. The molecular weight excluding hydrogens is 260 g/mol. The molecule has 0 aromatic heterocycles. The minimum Gasteiger partial charge on any atom is -0.356 e. The molecule has 0 aliphatic heterocycles. The van der Waals surface area contributed by atoms with Crippen molar-refractivity contribution in [3.05, 3.63) is 34.9 Å². The molecule has 0 fully saturated rings. The fourth-order valence-corrected chi connectivity index (χ4v) is 2.12. The Hall–Kier alpha value is -1.06. The average Bonchev–Trinajstić information content (AvgIpc) is 2.38. The summed E-state index contributed by atoms with van der Waals surface area (Å²) in [7, 11) is 0. The van der Waals surface area contributed by atoms with Gasteiger partial charge in [-0.15, -0.1) is 0 Å². The molecule has 0 atom stereocenters. The van der Waals surface area contributed by atoms with Crippen LogP contribution in [0, 0.1) is 0 Å². The Kier molecular flexibility index (Phi) is 8.26. The van der Waals surface area contributed by atoms with Crippen LogP contribution >= 0.6 is 11.6 Å². The first kappa shape index (κ1) is 16.0. The van der Waals surface area contributed by atoms with Gasteiger partial charge in [0.2, 0.25) is 5.91 Å². The molecule has 0 heterocycles. The van der Waals surface area contributed by atoms with Gasteiger partial charge in [-0.05, 0) is 43.5 Å². The van der Waals surface area contributed by atoms with Gasteiger partial charge in [-0.2, -0.15) is 0 Å². The Morgan fingerprint density at radius 2 is 2.00 bits per heavy atom. The summed E-state index contributed by atoms with van der Waals surface area (Å²) in [5, 5.41) is 3.67. The van der Waals surface area contributed by atoms with Crippen LogP contribution in [-0.4, -0.2) is 19.0 Å². The van der Waals surface area contributed by atoms with Gasteiger partial charge in [-0.1, -0.05) is 36.6 Å². The molecule has 0 bridgehead atoms. The lowest BCUT2D eigenvalue weighted by Gasteiger charge is -2.05. The van der Waals surface area contributed by atoms with E-state index in [-0.39, 0.29) is 5.91 Å². The van der Waals surface area contributed by atoms with Gasteiger partial charge in [-0.25, -0.2) is 0 Å². The van der Waals surface area contributed by atoms with Crippen LogP contribution in [0.15, 0.2) is 24.3 Å². The van der Waals surface area contributed by atoms with Crippen molar-refractivity contribution < 1.29 is 4.79 Å². The van der Waals surface area contributed by atoms with Gasteiger partial charge in [0, 0.05) is 18.0 Å². The van der Waals surface area contributed by atoms with Crippen LogP contribution in [0.1, 0.15) is 37.7 Å². The van der Waals surface area contributed by atoms with Crippen molar-refractivity contribution in [3.63, 3.8) is 0 Å². The summed E-state index contributed by atoms with van der Waals surface area (Å²) in [4.78, 5) is 11.6. The first-order valence-corrected chi connectivity index (χ1v) is 7.31. The number of nitrogens with one attached hydrogen (secondary N) is 1. The number of halogens is 1. The highest BCUT2D eigenvalue weighted by Crippen LogP contribution is 2.10. The summed E-state index contributed by atoms with van der Waals surface area (Å²) < 4.78 is 0. The van der Waals surface area contributed by atoms with E-state index >= 15 is 0 Å². The van der Waals surface area contributed by atoms with Crippen LogP contribution in [0.5, 0.6) is 0 Å². The van der Waals surface area contributed by atoms with E-state index in [2.05, 4.69) is 5.32 Å². The molecule has 0 saturated heterocycles. The summed E-state index contributed by atoms with van der Waals surface area (Å²) in [6.45, 7) is 1.41. The van der Waals surface area contributed by atoms with E-state index in [1.54, 1.807) is 0 Å².